The Kier molecular flexibility index (Phi) is 5.93. The molecule has 2 heterocycles. The molecule has 1 aliphatic rings. The quantitative estimate of drug-likeness (QED) is 0.809. The molecule has 1 saturated heterocycles. The number of carbonyl (C=O) groups is 1. The van der Waals surface area contributed by atoms with E-state index in [4.69, 9.17) is 9.26 Å². The van der Waals surface area contributed by atoms with Crippen LogP contribution in [0.25, 0.3) is 0 Å². The molecule has 0 bridgehead atoms. The molecule has 0 aromatic carbocycles. The maximum atomic E-state index is 11.9. The van der Waals surface area contributed by atoms with E-state index in [2.05, 4.69) is 27.3 Å². The van der Waals surface area contributed by atoms with Crippen LogP contribution >= 0.6 is 0 Å². The zero-order chi connectivity index (χ0) is 16.1. The molecule has 1 N–H and O–H groups in total. The van der Waals surface area contributed by atoms with Crippen LogP contribution in [0.3, 0.4) is 0 Å². The molecular formula is C15H26N4O3. The molecule has 7 nitrogen and oxygen atoms in total. The molecule has 1 aromatic rings. The van der Waals surface area contributed by atoms with Gasteiger partial charge in [-0.3, -0.25) is 9.69 Å². The number of amides is 1. The number of anilines is 1. The second-order valence-corrected chi connectivity index (χ2v) is 6.07. The molecule has 22 heavy (non-hydrogen) atoms. The van der Waals surface area contributed by atoms with Crippen molar-refractivity contribution in [3.63, 3.8) is 0 Å². The number of rotatable bonds is 7. The van der Waals surface area contributed by atoms with Gasteiger partial charge in [-0.15, -0.1) is 0 Å². The molecule has 2 atom stereocenters. The second-order valence-electron chi connectivity index (χ2n) is 6.07. The topological polar surface area (TPSA) is 70.8 Å². The van der Waals surface area contributed by atoms with Crippen molar-refractivity contribution >= 4 is 11.7 Å². The Balaban J connectivity index is 1.69. The van der Waals surface area contributed by atoms with Crippen LogP contribution in [0.15, 0.2) is 10.6 Å². The predicted molar refractivity (Wildman–Crippen MR) is 83.8 cm³/mol. The number of aromatic nitrogens is 1. The van der Waals surface area contributed by atoms with E-state index in [1.54, 1.807) is 20.1 Å². The van der Waals surface area contributed by atoms with Gasteiger partial charge in [0.15, 0.2) is 5.82 Å². The first kappa shape index (κ1) is 16.9. The molecule has 2 rings (SSSR count). The molecule has 1 aliphatic heterocycles. The average Bonchev–Trinajstić information content (AvgIpc) is 3.03. The molecule has 1 amide bonds. The van der Waals surface area contributed by atoms with Crippen molar-refractivity contribution < 1.29 is 14.1 Å². The van der Waals surface area contributed by atoms with Crippen molar-refractivity contribution in [3.8, 4) is 0 Å². The number of aryl methyl sites for hydroxylation is 1. The average molecular weight is 310 g/mol. The molecule has 7 heteroatoms. The Morgan fingerprint density at radius 3 is 3.00 bits per heavy atom. The summed E-state index contributed by atoms with van der Waals surface area (Å²) < 4.78 is 10.3. The second kappa shape index (κ2) is 7.71. The minimum Gasteiger partial charge on any atom is -0.380 e. The highest BCUT2D eigenvalue weighted by Gasteiger charge is 2.29. The summed E-state index contributed by atoms with van der Waals surface area (Å²) in [5.74, 6) is 1.11. The SMILES string of the molecule is CO[C@H]1C[C@@H](CN(C)CCC(=O)Nc2cc(C)on2)N(C)C1. The van der Waals surface area contributed by atoms with Gasteiger partial charge < -0.3 is 19.5 Å². The number of hydrogen-bond donors (Lipinski definition) is 1. The third-order valence-corrected chi connectivity index (χ3v) is 4.12. The maximum absolute atomic E-state index is 11.9. The number of hydrogen-bond acceptors (Lipinski definition) is 6. The van der Waals surface area contributed by atoms with E-state index in [0.717, 1.165) is 19.5 Å². The van der Waals surface area contributed by atoms with E-state index >= 15 is 0 Å². The fourth-order valence-electron chi connectivity index (χ4n) is 2.79. The minimum absolute atomic E-state index is 0.0466. The summed E-state index contributed by atoms with van der Waals surface area (Å²) in [5, 5.41) is 6.49. The lowest BCUT2D eigenvalue weighted by Crippen LogP contribution is -2.37. The Morgan fingerprint density at radius 1 is 1.64 bits per heavy atom. The fourth-order valence-corrected chi connectivity index (χ4v) is 2.79. The number of likely N-dealkylation sites (tertiary alicyclic amines) is 1. The lowest BCUT2D eigenvalue weighted by Gasteiger charge is -2.25. The number of likely N-dealkylation sites (N-methyl/N-ethyl adjacent to an activating group) is 2. The van der Waals surface area contributed by atoms with Crippen LogP contribution in [0.4, 0.5) is 5.82 Å². The zero-order valence-electron chi connectivity index (χ0n) is 13.8. The van der Waals surface area contributed by atoms with Gasteiger partial charge >= 0.3 is 0 Å². The van der Waals surface area contributed by atoms with Crippen LogP contribution in [-0.2, 0) is 9.53 Å². The predicted octanol–water partition coefficient (Wildman–Crippen LogP) is 0.963. The third kappa shape index (κ3) is 4.79. The standard InChI is InChI=1S/C15H26N4O3/c1-11-7-14(17-22-11)16-15(20)5-6-18(2)9-12-8-13(21-4)10-19(12)3/h7,12-13H,5-6,8-10H2,1-4H3,(H,16,17,20)/t12-,13-/m0/s1. The fraction of sp³-hybridized carbons (Fsp3) is 0.733. The molecule has 1 aromatic heterocycles. The summed E-state index contributed by atoms with van der Waals surface area (Å²) in [5.41, 5.74) is 0. The van der Waals surface area contributed by atoms with Crippen LogP contribution in [0.5, 0.6) is 0 Å². The van der Waals surface area contributed by atoms with E-state index < -0.39 is 0 Å². The normalized spacial score (nSPS) is 22.4. The van der Waals surface area contributed by atoms with Crippen molar-refractivity contribution in [3.05, 3.63) is 11.8 Å². The lowest BCUT2D eigenvalue weighted by molar-refractivity contribution is -0.116. The molecule has 0 unspecified atom stereocenters. The summed E-state index contributed by atoms with van der Waals surface area (Å²) in [4.78, 5) is 16.4. The number of carbonyl (C=O) groups excluding carboxylic acids is 1. The van der Waals surface area contributed by atoms with Gasteiger partial charge in [-0.2, -0.15) is 0 Å². The Hall–Kier alpha value is -1.44. The number of ether oxygens (including phenoxy) is 1. The van der Waals surface area contributed by atoms with Gasteiger partial charge in [0.05, 0.1) is 6.10 Å². The molecule has 0 aliphatic carbocycles. The summed E-state index contributed by atoms with van der Waals surface area (Å²) in [6.45, 7) is 4.42. The minimum atomic E-state index is -0.0466. The molecule has 0 spiro atoms. The van der Waals surface area contributed by atoms with Gasteiger partial charge in [-0.1, -0.05) is 5.16 Å². The molecule has 0 saturated carbocycles. The van der Waals surface area contributed by atoms with Gasteiger partial charge in [-0.05, 0) is 27.4 Å². The third-order valence-electron chi connectivity index (χ3n) is 4.12. The summed E-state index contributed by atoms with van der Waals surface area (Å²) in [6, 6.07) is 2.19. The molecule has 124 valence electrons. The summed E-state index contributed by atoms with van der Waals surface area (Å²) in [6.07, 6.45) is 1.80. The number of nitrogens with one attached hydrogen (secondary N) is 1. The van der Waals surface area contributed by atoms with Gasteiger partial charge in [-0.25, -0.2) is 0 Å². The zero-order valence-corrected chi connectivity index (χ0v) is 13.8. The Bertz CT molecular complexity index is 491. The number of methoxy groups -OCH3 is 1. The monoisotopic (exact) mass is 310 g/mol. The van der Waals surface area contributed by atoms with Gasteiger partial charge in [0.25, 0.3) is 0 Å². The first-order chi connectivity index (χ1) is 10.5. The first-order valence-electron chi connectivity index (χ1n) is 7.62. The Labute approximate surface area is 131 Å². The maximum Gasteiger partial charge on any atom is 0.226 e. The van der Waals surface area contributed by atoms with E-state index in [-0.39, 0.29) is 5.91 Å². The Morgan fingerprint density at radius 2 is 2.41 bits per heavy atom. The van der Waals surface area contributed by atoms with Gasteiger partial charge in [0.2, 0.25) is 5.91 Å². The van der Waals surface area contributed by atoms with E-state index in [1.807, 2.05) is 7.05 Å². The van der Waals surface area contributed by atoms with Crippen LogP contribution in [0, 0.1) is 6.92 Å². The van der Waals surface area contributed by atoms with Crippen LogP contribution in [-0.4, -0.2) is 73.8 Å². The highest BCUT2D eigenvalue weighted by Crippen LogP contribution is 2.18. The smallest absolute Gasteiger partial charge is 0.226 e. The van der Waals surface area contributed by atoms with Crippen molar-refractivity contribution in [2.24, 2.45) is 0 Å². The highest BCUT2D eigenvalue weighted by atomic mass is 16.5. The van der Waals surface area contributed by atoms with Crippen molar-refractivity contribution in [2.45, 2.75) is 31.9 Å². The highest BCUT2D eigenvalue weighted by molar-refractivity contribution is 5.89. The first-order valence-corrected chi connectivity index (χ1v) is 7.62. The molecular weight excluding hydrogens is 284 g/mol. The van der Waals surface area contributed by atoms with Crippen molar-refractivity contribution in [2.75, 3.05) is 46.2 Å². The largest absolute Gasteiger partial charge is 0.380 e. The van der Waals surface area contributed by atoms with E-state index in [0.29, 0.717) is 36.7 Å². The van der Waals surface area contributed by atoms with Crippen LogP contribution in [0.1, 0.15) is 18.6 Å². The van der Waals surface area contributed by atoms with Crippen molar-refractivity contribution in [1.29, 1.82) is 0 Å². The van der Waals surface area contributed by atoms with Gasteiger partial charge in [0, 0.05) is 45.3 Å². The number of nitrogens with zero attached hydrogens (tertiary/aromatic N) is 3. The molecule has 1 fully saturated rings. The summed E-state index contributed by atoms with van der Waals surface area (Å²) in [7, 11) is 5.93. The summed E-state index contributed by atoms with van der Waals surface area (Å²) >= 11 is 0. The van der Waals surface area contributed by atoms with Crippen LogP contribution in [0.2, 0.25) is 0 Å². The lowest BCUT2D eigenvalue weighted by atomic mass is 10.2. The molecule has 0 radical (unpaired) electrons. The van der Waals surface area contributed by atoms with E-state index in [1.165, 1.54) is 0 Å². The van der Waals surface area contributed by atoms with E-state index in [9.17, 15) is 4.79 Å². The van der Waals surface area contributed by atoms with Gasteiger partial charge in [0.1, 0.15) is 5.76 Å². The van der Waals surface area contributed by atoms with Crippen molar-refractivity contribution in [1.82, 2.24) is 15.0 Å². The van der Waals surface area contributed by atoms with Crippen LogP contribution < -0.4 is 5.32 Å².